The average Bonchev–Trinajstić information content (AvgIpc) is 1.99. The maximum atomic E-state index is 11.1. The molecule has 0 rings (SSSR count). The zero-order valence-corrected chi connectivity index (χ0v) is 4.97. The molecule has 0 radical (unpaired) electrons. The Morgan fingerprint density at radius 3 is 2.78 bits per heavy atom. The Morgan fingerprint density at radius 2 is 2.44 bits per heavy atom. The highest BCUT2D eigenvalue weighted by Gasteiger charge is 2.09. The van der Waals surface area contributed by atoms with Gasteiger partial charge in [0, 0.05) is 8.22 Å². The van der Waals surface area contributed by atoms with E-state index in [1.165, 1.54) is 6.92 Å². The van der Waals surface area contributed by atoms with Crippen LogP contribution in [-0.2, 0) is 9.53 Å². The first kappa shape index (κ1) is 2.23. The normalized spacial score (nSPS) is 28.9. The highest BCUT2D eigenvalue weighted by molar-refractivity contribution is 5.74. The molecule has 0 bridgehead atoms. The van der Waals surface area contributed by atoms with Gasteiger partial charge in [-0.15, -0.1) is 0 Å². The fourth-order valence-electron chi connectivity index (χ4n) is 0.194. The fraction of sp³-hybridized carbons (Fsp3) is 0.833. The summed E-state index contributed by atoms with van der Waals surface area (Å²) in [5.41, 5.74) is 5.10. The van der Waals surface area contributed by atoms with Crippen molar-refractivity contribution < 1.29 is 19.1 Å². The monoisotopic (exact) mass is 138 g/mol. The first-order valence-corrected chi connectivity index (χ1v) is 2.31. The summed E-state index contributed by atoms with van der Waals surface area (Å²) in [6, 6.07) is -1.20. The van der Waals surface area contributed by atoms with Gasteiger partial charge >= 0.3 is 5.97 Å². The molecular weight excluding hydrogens is 118 g/mol. The summed E-state index contributed by atoms with van der Waals surface area (Å²) in [5, 5.41) is 0. The maximum Gasteiger partial charge on any atom is 0.322 e. The van der Waals surface area contributed by atoms with Crippen molar-refractivity contribution in [1.29, 1.82) is 0 Å². The molecule has 0 saturated carbocycles. The molecule has 0 unspecified atom stereocenters. The van der Waals surface area contributed by atoms with E-state index in [2.05, 4.69) is 4.74 Å². The molecule has 0 amide bonds. The predicted octanol–water partition coefficient (Wildman–Crippen LogP) is 0.285. The van der Waals surface area contributed by atoms with Gasteiger partial charge in [-0.3, -0.25) is 4.79 Å². The summed E-state index contributed by atoms with van der Waals surface area (Å²) in [4.78, 5) is 11.1. The molecule has 0 aliphatic heterocycles. The standard InChI is InChI=1S/C6H13NO2/c1-4(2)9-6(8)5(3)7/h4-5H,7H2,1-3H3/t5-/m1/s1/i1D3,2D3,4D. The molecule has 0 heterocycles. The molecule has 0 aliphatic carbocycles. The molecule has 2 N–H and O–H groups in total. The van der Waals surface area contributed by atoms with Crippen LogP contribution in [0.2, 0.25) is 0 Å². The van der Waals surface area contributed by atoms with Crippen LogP contribution in [0, 0.1) is 0 Å². The zero-order chi connectivity index (χ0) is 13.4. The molecule has 0 aromatic heterocycles. The lowest BCUT2D eigenvalue weighted by molar-refractivity contribution is -0.148. The Morgan fingerprint density at radius 1 is 1.89 bits per heavy atom. The van der Waals surface area contributed by atoms with Gasteiger partial charge < -0.3 is 10.5 Å². The number of carbonyl (C=O) groups excluding carboxylic acids is 1. The molecule has 3 heteroatoms. The summed E-state index contributed by atoms with van der Waals surface area (Å²) in [6.07, 6.45) is -3.30. The van der Waals surface area contributed by atoms with E-state index in [1.54, 1.807) is 0 Å². The van der Waals surface area contributed by atoms with Crippen molar-refractivity contribution in [2.45, 2.75) is 32.7 Å². The van der Waals surface area contributed by atoms with Gasteiger partial charge in [0.1, 0.15) is 6.04 Å². The molecule has 54 valence electrons. The van der Waals surface area contributed by atoms with Crippen molar-refractivity contribution in [2.75, 3.05) is 0 Å². The minimum absolute atomic E-state index is 1.20. The largest absolute Gasteiger partial charge is 0.462 e. The summed E-state index contributed by atoms with van der Waals surface area (Å²) >= 11 is 0. The molecule has 0 aromatic carbocycles. The molecule has 0 aliphatic rings. The first-order valence-electron chi connectivity index (χ1n) is 5.81. The van der Waals surface area contributed by atoms with E-state index in [0.29, 0.717) is 0 Å². The number of rotatable bonds is 2. The van der Waals surface area contributed by atoms with Gasteiger partial charge in [0.15, 0.2) is 0 Å². The van der Waals surface area contributed by atoms with Gasteiger partial charge in [0.2, 0.25) is 0 Å². The third kappa shape index (κ3) is 3.97. The van der Waals surface area contributed by atoms with Gasteiger partial charge in [-0.25, -0.2) is 0 Å². The van der Waals surface area contributed by atoms with Crippen molar-refractivity contribution in [1.82, 2.24) is 0 Å². The van der Waals surface area contributed by atoms with Crippen LogP contribution < -0.4 is 5.73 Å². The molecule has 0 aromatic rings. The minimum Gasteiger partial charge on any atom is -0.462 e. The first-order chi connectivity index (χ1) is 6.83. The summed E-state index contributed by atoms with van der Waals surface area (Å²) in [6.45, 7) is -5.38. The van der Waals surface area contributed by atoms with Gasteiger partial charge in [-0.05, 0) is 20.6 Å². The molecule has 9 heavy (non-hydrogen) atoms. The Kier molecular flexibility index (Phi) is 0.858. The van der Waals surface area contributed by atoms with Crippen molar-refractivity contribution in [3.8, 4) is 0 Å². The lowest BCUT2D eigenvalue weighted by Gasteiger charge is -2.08. The van der Waals surface area contributed by atoms with Crippen LogP contribution in [0.15, 0.2) is 0 Å². The van der Waals surface area contributed by atoms with Crippen LogP contribution in [0.1, 0.15) is 30.2 Å². The Labute approximate surface area is 65.0 Å². The second kappa shape index (κ2) is 3.45. The topological polar surface area (TPSA) is 52.3 Å². The quantitative estimate of drug-likeness (QED) is 0.558. The van der Waals surface area contributed by atoms with Crippen molar-refractivity contribution >= 4 is 5.97 Å². The third-order valence-electron chi connectivity index (χ3n) is 0.574. The average molecular weight is 138 g/mol. The molecule has 3 nitrogen and oxygen atoms in total. The van der Waals surface area contributed by atoms with E-state index in [0.717, 1.165) is 0 Å². The van der Waals surface area contributed by atoms with Crippen LogP contribution in [0.5, 0.6) is 0 Å². The number of carbonyl (C=O) groups is 1. The molecule has 0 fully saturated rings. The van der Waals surface area contributed by atoms with Gasteiger partial charge in [0.25, 0.3) is 0 Å². The van der Waals surface area contributed by atoms with Crippen LogP contribution in [0.25, 0.3) is 0 Å². The molecule has 0 spiro atoms. The number of hydrogen-bond donors (Lipinski definition) is 1. The fourth-order valence-corrected chi connectivity index (χ4v) is 0.194. The van der Waals surface area contributed by atoms with Gasteiger partial charge in [0.05, 0.1) is 7.45 Å². The van der Waals surface area contributed by atoms with Crippen LogP contribution in [0.4, 0.5) is 0 Å². The van der Waals surface area contributed by atoms with Crippen molar-refractivity contribution in [3.05, 3.63) is 0 Å². The molecule has 1 atom stereocenters. The van der Waals surface area contributed by atoms with Gasteiger partial charge in [-0.1, -0.05) is 0 Å². The van der Waals surface area contributed by atoms with E-state index in [4.69, 9.17) is 15.3 Å². The maximum absolute atomic E-state index is 11.1. The summed E-state index contributed by atoms with van der Waals surface area (Å²) in [5.74, 6) is -1.25. The van der Waals surface area contributed by atoms with E-state index < -0.39 is 31.8 Å². The Balaban J connectivity index is 5.22. The van der Waals surface area contributed by atoms with Crippen LogP contribution >= 0.6 is 0 Å². The lowest BCUT2D eigenvalue weighted by Crippen LogP contribution is -2.30. The Hall–Kier alpha value is -0.570. The Bertz CT molecular complexity index is 255. The second-order valence-corrected chi connectivity index (χ2v) is 1.54. The highest BCUT2D eigenvalue weighted by atomic mass is 16.5. The summed E-state index contributed by atoms with van der Waals surface area (Å²) in [7, 11) is 0. The smallest absolute Gasteiger partial charge is 0.322 e. The van der Waals surface area contributed by atoms with Gasteiger partial charge in [-0.2, -0.15) is 0 Å². The number of nitrogens with two attached hydrogens (primary N) is 1. The minimum atomic E-state index is -3.30. The van der Waals surface area contributed by atoms with Crippen molar-refractivity contribution in [3.63, 3.8) is 0 Å². The van der Waals surface area contributed by atoms with Crippen molar-refractivity contribution in [2.24, 2.45) is 5.73 Å². The van der Waals surface area contributed by atoms with E-state index in [1.807, 2.05) is 0 Å². The summed E-state index contributed by atoms with van der Waals surface area (Å²) < 4.78 is 53.2. The SMILES string of the molecule is [2H]C([2H])([2H])C([2H])(OC(=O)[C@@H](C)N)C([2H])([2H])[2H]. The van der Waals surface area contributed by atoms with E-state index in [-0.39, 0.29) is 0 Å². The predicted molar refractivity (Wildman–Crippen MR) is 34.9 cm³/mol. The second-order valence-electron chi connectivity index (χ2n) is 1.54. The molecule has 0 saturated heterocycles. The molecular formula is C6H13NO2. The van der Waals surface area contributed by atoms with E-state index >= 15 is 0 Å². The highest BCUT2D eigenvalue weighted by Crippen LogP contribution is 1.90. The number of esters is 1. The lowest BCUT2D eigenvalue weighted by atomic mass is 10.4. The number of hydrogen-bond acceptors (Lipinski definition) is 3. The zero-order valence-electron chi connectivity index (χ0n) is 12.0. The third-order valence-corrected chi connectivity index (χ3v) is 0.574. The van der Waals surface area contributed by atoms with Crippen LogP contribution in [-0.4, -0.2) is 18.1 Å². The number of ether oxygens (including phenoxy) is 1. The van der Waals surface area contributed by atoms with E-state index in [9.17, 15) is 4.79 Å². The van der Waals surface area contributed by atoms with Crippen LogP contribution in [0.3, 0.4) is 0 Å².